The topological polar surface area (TPSA) is 68.0 Å². The third kappa shape index (κ3) is 2.15. The van der Waals surface area contributed by atoms with Gasteiger partial charge in [-0.1, -0.05) is 0 Å². The van der Waals surface area contributed by atoms with Gasteiger partial charge >= 0.3 is 0 Å². The molecule has 1 aliphatic carbocycles. The van der Waals surface area contributed by atoms with Crippen LogP contribution in [0.2, 0.25) is 0 Å². The van der Waals surface area contributed by atoms with Gasteiger partial charge in [-0.2, -0.15) is 0 Å². The summed E-state index contributed by atoms with van der Waals surface area (Å²) < 4.78 is 0. The maximum absolute atomic E-state index is 11.7. The lowest BCUT2D eigenvalue weighted by Crippen LogP contribution is -2.58. The van der Waals surface area contributed by atoms with Gasteiger partial charge in [-0.05, 0) is 37.0 Å². The third-order valence-corrected chi connectivity index (χ3v) is 2.90. The molecular weight excluding hydrogens is 190 g/mol. The second-order valence-electron chi connectivity index (χ2n) is 4.05. The first-order valence-corrected chi connectivity index (χ1v) is 5.17. The molecule has 0 spiro atoms. The van der Waals surface area contributed by atoms with Crippen molar-refractivity contribution in [3.8, 4) is 0 Å². The predicted octanol–water partition coefficient (Wildman–Crippen LogP) is 0.579. The van der Waals surface area contributed by atoms with E-state index in [4.69, 9.17) is 5.73 Å². The van der Waals surface area contributed by atoms with Gasteiger partial charge in [0.15, 0.2) is 0 Å². The highest BCUT2D eigenvalue weighted by atomic mass is 16.2. The van der Waals surface area contributed by atoms with Crippen LogP contribution in [0.4, 0.5) is 0 Å². The number of aromatic nitrogens is 1. The van der Waals surface area contributed by atoms with E-state index in [1.165, 1.54) is 0 Å². The number of hydrogen-bond donors (Lipinski definition) is 2. The van der Waals surface area contributed by atoms with Crippen LogP contribution in [0.25, 0.3) is 0 Å². The molecule has 0 unspecified atom stereocenters. The standard InChI is InChI=1S/C11H15N3O/c12-11(4-1-5-11)10(15)14-8-9-2-6-13-7-3-9/h2-3,6-7H,1,4-5,8,12H2,(H,14,15). The molecule has 1 heterocycles. The number of carbonyl (C=O) groups is 1. The molecule has 80 valence electrons. The molecule has 15 heavy (non-hydrogen) atoms. The van der Waals surface area contributed by atoms with Crippen LogP contribution < -0.4 is 11.1 Å². The minimum atomic E-state index is -0.604. The number of nitrogens with two attached hydrogens (primary N) is 1. The molecule has 0 atom stereocenters. The molecule has 0 radical (unpaired) electrons. The van der Waals surface area contributed by atoms with Gasteiger partial charge in [0.25, 0.3) is 0 Å². The van der Waals surface area contributed by atoms with Crippen molar-refractivity contribution in [2.75, 3.05) is 0 Å². The Morgan fingerprint density at radius 3 is 2.67 bits per heavy atom. The second kappa shape index (κ2) is 3.98. The average molecular weight is 205 g/mol. The molecule has 1 amide bonds. The molecular formula is C11H15N3O. The maximum atomic E-state index is 11.7. The summed E-state index contributed by atoms with van der Waals surface area (Å²) in [4.78, 5) is 15.6. The summed E-state index contributed by atoms with van der Waals surface area (Å²) in [5.74, 6) is -0.0365. The molecule has 1 aromatic rings. The van der Waals surface area contributed by atoms with E-state index >= 15 is 0 Å². The minimum Gasteiger partial charge on any atom is -0.350 e. The van der Waals surface area contributed by atoms with Crippen molar-refractivity contribution in [3.05, 3.63) is 30.1 Å². The highest BCUT2D eigenvalue weighted by molar-refractivity contribution is 5.86. The smallest absolute Gasteiger partial charge is 0.240 e. The first kappa shape index (κ1) is 10.1. The van der Waals surface area contributed by atoms with Gasteiger partial charge in [0.1, 0.15) is 0 Å². The van der Waals surface area contributed by atoms with Gasteiger partial charge in [0.2, 0.25) is 5.91 Å². The second-order valence-corrected chi connectivity index (χ2v) is 4.05. The van der Waals surface area contributed by atoms with Crippen LogP contribution in [0.15, 0.2) is 24.5 Å². The molecule has 1 aromatic heterocycles. The largest absolute Gasteiger partial charge is 0.350 e. The lowest BCUT2D eigenvalue weighted by atomic mass is 9.77. The van der Waals surface area contributed by atoms with Gasteiger partial charge in [0, 0.05) is 18.9 Å². The Kier molecular flexibility index (Phi) is 2.68. The van der Waals surface area contributed by atoms with Gasteiger partial charge in [0.05, 0.1) is 5.54 Å². The first-order valence-electron chi connectivity index (χ1n) is 5.17. The summed E-state index contributed by atoms with van der Waals surface area (Å²) in [5.41, 5.74) is 6.32. The third-order valence-electron chi connectivity index (χ3n) is 2.90. The summed E-state index contributed by atoms with van der Waals surface area (Å²) in [6.07, 6.45) is 6.08. The molecule has 2 rings (SSSR count). The molecule has 0 saturated heterocycles. The van der Waals surface area contributed by atoms with Crippen molar-refractivity contribution < 1.29 is 4.79 Å². The van der Waals surface area contributed by atoms with Crippen molar-refractivity contribution in [1.29, 1.82) is 0 Å². The molecule has 4 nitrogen and oxygen atoms in total. The summed E-state index contributed by atoms with van der Waals surface area (Å²) in [7, 11) is 0. The fraction of sp³-hybridized carbons (Fsp3) is 0.455. The van der Waals surface area contributed by atoms with Crippen LogP contribution in [-0.4, -0.2) is 16.4 Å². The number of carbonyl (C=O) groups excluding carboxylic acids is 1. The number of hydrogen-bond acceptors (Lipinski definition) is 3. The van der Waals surface area contributed by atoms with Crippen LogP contribution in [0.1, 0.15) is 24.8 Å². The number of rotatable bonds is 3. The molecule has 1 aliphatic rings. The monoisotopic (exact) mass is 205 g/mol. The number of nitrogens with zero attached hydrogens (tertiary/aromatic N) is 1. The van der Waals surface area contributed by atoms with E-state index < -0.39 is 5.54 Å². The van der Waals surface area contributed by atoms with Gasteiger partial charge in [-0.25, -0.2) is 0 Å². The number of pyridine rings is 1. The Bertz CT molecular complexity index is 346. The Labute approximate surface area is 88.9 Å². The van der Waals surface area contributed by atoms with E-state index in [1.807, 2.05) is 12.1 Å². The Balaban J connectivity index is 1.86. The predicted molar refractivity (Wildman–Crippen MR) is 56.9 cm³/mol. The summed E-state index contributed by atoms with van der Waals surface area (Å²) in [5, 5.41) is 2.85. The lowest BCUT2D eigenvalue weighted by Gasteiger charge is -2.36. The zero-order valence-corrected chi connectivity index (χ0v) is 8.57. The van der Waals surface area contributed by atoms with E-state index in [9.17, 15) is 4.79 Å². The Morgan fingerprint density at radius 2 is 2.13 bits per heavy atom. The molecule has 0 bridgehead atoms. The van der Waals surface area contributed by atoms with Crippen molar-refractivity contribution in [3.63, 3.8) is 0 Å². The van der Waals surface area contributed by atoms with Crippen LogP contribution in [0.5, 0.6) is 0 Å². The highest BCUT2D eigenvalue weighted by Gasteiger charge is 2.39. The maximum Gasteiger partial charge on any atom is 0.240 e. The van der Waals surface area contributed by atoms with Gasteiger partial charge in [-0.15, -0.1) is 0 Å². The van der Waals surface area contributed by atoms with E-state index in [0.717, 1.165) is 24.8 Å². The zero-order chi connectivity index (χ0) is 10.7. The molecule has 3 N–H and O–H groups in total. The molecule has 0 aromatic carbocycles. The summed E-state index contributed by atoms with van der Waals surface area (Å²) in [6, 6.07) is 3.76. The van der Waals surface area contributed by atoms with Gasteiger partial charge < -0.3 is 11.1 Å². The van der Waals surface area contributed by atoms with Crippen LogP contribution in [0, 0.1) is 0 Å². The van der Waals surface area contributed by atoms with E-state index in [2.05, 4.69) is 10.3 Å². The molecule has 1 fully saturated rings. The fourth-order valence-electron chi connectivity index (χ4n) is 1.64. The Hall–Kier alpha value is -1.42. The van der Waals surface area contributed by atoms with E-state index in [0.29, 0.717) is 6.54 Å². The number of amides is 1. The minimum absolute atomic E-state index is 0.0365. The zero-order valence-electron chi connectivity index (χ0n) is 8.57. The van der Waals surface area contributed by atoms with Crippen molar-refractivity contribution >= 4 is 5.91 Å². The quantitative estimate of drug-likeness (QED) is 0.758. The lowest BCUT2D eigenvalue weighted by molar-refractivity contribution is -0.129. The van der Waals surface area contributed by atoms with Gasteiger partial charge in [-0.3, -0.25) is 9.78 Å². The molecule has 0 aliphatic heterocycles. The van der Waals surface area contributed by atoms with E-state index in [1.54, 1.807) is 12.4 Å². The summed E-state index contributed by atoms with van der Waals surface area (Å²) >= 11 is 0. The number of nitrogens with one attached hydrogen (secondary N) is 1. The molecule has 1 saturated carbocycles. The summed E-state index contributed by atoms with van der Waals surface area (Å²) in [6.45, 7) is 0.528. The normalized spacial score (nSPS) is 17.9. The van der Waals surface area contributed by atoms with Crippen LogP contribution >= 0.6 is 0 Å². The highest BCUT2D eigenvalue weighted by Crippen LogP contribution is 2.29. The van der Waals surface area contributed by atoms with Crippen LogP contribution in [-0.2, 0) is 11.3 Å². The SMILES string of the molecule is NC1(C(=O)NCc2ccncc2)CCC1. The first-order chi connectivity index (χ1) is 7.21. The van der Waals surface area contributed by atoms with E-state index in [-0.39, 0.29) is 5.91 Å². The average Bonchev–Trinajstić information content (AvgIpc) is 2.24. The molecule has 4 heteroatoms. The van der Waals surface area contributed by atoms with Crippen molar-refractivity contribution in [2.45, 2.75) is 31.3 Å². The fourth-order valence-corrected chi connectivity index (χ4v) is 1.64. The van der Waals surface area contributed by atoms with Crippen molar-refractivity contribution in [1.82, 2.24) is 10.3 Å². The van der Waals surface area contributed by atoms with Crippen molar-refractivity contribution in [2.24, 2.45) is 5.73 Å². The van der Waals surface area contributed by atoms with Crippen LogP contribution in [0.3, 0.4) is 0 Å². The Morgan fingerprint density at radius 1 is 1.47 bits per heavy atom.